The number of benzene rings is 2. The number of halogens is 1. The Morgan fingerprint density at radius 3 is 2.50 bits per heavy atom. The highest BCUT2D eigenvalue weighted by molar-refractivity contribution is 9.10. The van der Waals surface area contributed by atoms with Gasteiger partial charge >= 0.3 is 0 Å². The number of fused-ring (bicyclic) bond motifs is 1. The molecule has 0 bridgehead atoms. The third-order valence-corrected chi connectivity index (χ3v) is 3.59. The molecule has 4 heteroatoms. The average Bonchev–Trinajstić information content (AvgIpc) is 2.47. The number of rotatable bonds is 2. The zero-order chi connectivity index (χ0) is 14.1. The largest absolute Gasteiger partial charge is 0.497 e. The third kappa shape index (κ3) is 2.34. The predicted octanol–water partition coefficient (Wildman–Crippen LogP) is 4.23. The van der Waals surface area contributed by atoms with Gasteiger partial charge in [0.2, 0.25) is 0 Å². The van der Waals surface area contributed by atoms with Crippen molar-refractivity contribution >= 4 is 26.9 Å². The number of hydrogen-bond acceptors (Lipinski definition) is 3. The van der Waals surface area contributed by atoms with Crippen molar-refractivity contribution in [2.24, 2.45) is 0 Å². The van der Waals surface area contributed by atoms with Gasteiger partial charge in [-0.1, -0.05) is 28.1 Å². The molecule has 3 nitrogen and oxygen atoms in total. The van der Waals surface area contributed by atoms with Crippen molar-refractivity contribution in [2.75, 3.05) is 7.11 Å². The van der Waals surface area contributed by atoms with E-state index in [4.69, 9.17) is 9.15 Å². The predicted molar refractivity (Wildman–Crippen MR) is 82.2 cm³/mol. The van der Waals surface area contributed by atoms with Crippen LogP contribution in [0.25, 0.3) is 22.3 Å². The maximum Gasteiger partial charge on any atom is 0.193 e. The van der Waals surface area contributed by atoms with Gasteiger partial charge in [0.15, 0.2) is 5.43 Å². The molecule has 1 heterocycles. The van der Waals surface area contributed by atoms with Crippen LogP contribution < -0.4 is 10.2 Å². The van der Waals surface area contributed by atoms with Crippen molar-refractivity contribution in [1.82, 2.24) is 0 Å². The zero-order valence-electron chi connectivity index (χ0n) is 10.7. The van der Waals surface area contributed by atoms with Gasteiger partial charge in [-0.25, -0.2) is 0 Å². The maximum absolute atomic E-state index is 12.2. The van der Waals surface area contributed by atoms with Crippen LogP contribution in [-0.4, -0.2) is 7.11 Å². The fourth-order valence-corrected chi connectivity index (χ4v) is 2.28. The van der Waals surface area contributed by atoms with Crippen LogP contribution in [0.5, 0.6) is 5.75 Å². The van der Waals surface area contributed by atoms with Crippen LogP contribution in [0.2, 0.25) is 0 Å². The summed E-state index contributed by atoms with van der Waals surface area (Å²) in [6.45, 7) is 0. The van der Waals surface area contributed by atoms with Crippen LogP contribution >= 0.6 is 15.9 Å². The van der Waals surface area contributed by atoms with Crippen molar-refractivity contribution in [3.05, 3.63) is 63.2 Å². The summed E-state index contributed by atoms with van der Waals surface area (Å²) in [5.41, 5.74) is 1.34. The average molecular weight is 331 g/mol. The molecule has 1 aromatic heterocycles. The Balaban J connectivity index is 2.19. The lowest BCUT2D eigenvalue weighted by molar-refractivity contribution is 0.415. The first kappa shape index (κ1) is 12.9. The van der Waals surface area contributed by atoms with Crippen molar-refractivity contribution in [1.29, 1.82) is 0 Å². The topological polar surface area (TPSA) is 39.4 Å². The smallest absolute Gasteiger partial charge is 0.193 e. The van der Waals surface area contributed by atoms with Crippen LogP contribution in [0.15, 0.2) is 62.2 Å². The minimum Gasteiger partial charge on any atom is -0.497 e. The van der Waals surface area contributed by atoms with E-state index >= 15 is 0 Å². The molecular formula is C16H11BrO3. The van der Waals surface area contributed by atoms with E-state index in [0.717, 1.165) is 10.0 Å². The van der Waals surface area contributed by atoms with E-state index in [1.54, 1.807) is 25.3 Å². The summed E-state index contributed by atoms with van der Waals surface area (Å²) in [6.07, 6.45) is 0. The van der Waals surface area contributed by atoms with Gasteiger partial charge in [-0.2, -0.15) is 0 Å². The van der Waals surface area contributed by atoms with E-state index < -0.39 is 0 Å². The molecule has 0 unspecified atom stereocenters. The fraction of sp³-hybridized carbons (Fsp3) is 0.0625. The second-order valence-electron chi connectivity index (χ2n) is 4.34. The van der Waals surface area contributed by atoms with Gasteiger partial charge in [-0.3, -0.25) is 4.79 Å². The molecule has 100 valence electrons. The first-order chi connectivity index (χ1) is 9.67. The van der Waals surface area contributed by atoms with Crippen LogP contribution in [0, 0.1) is 0 Å². The normalized spacial score (nSPS) is 10.7. The van der Waals surface area contributed by atoms with E-state index in [2.05, 4.69) is 15.9 Å². The van der Waals surface area contributed by atoms with E-state index in [-0.39, 0.29) is 5.43 Å². The van der Waals surface area contributed by atoms with Crippen LogP contribution in [0.1, 0.15) is 0 Å². The lowest BCUT2D eigenvalue weighted by atomic mass is 10.1. The monoisotopic (exact) mass is 330 g/mol. The Kier molecular flexibility index (Phi) is 3.32. The van der Waals surface area contributed by atoms with Crippen molar-refractivity contribution in [2.45, 2.75) is 0 Å². The molecule has 0 atom stereocenters. The zero-order valence-corrected chi connectivity index (χ0v) is 12.3. The van der Waals surface area contributed by atoms with Gasteiger partial charge < -0.3 is 9.15 Å². The summed E-state index contributed by atoms with van der Waals surface area (Å²) in [4.78, 5) is 12.2. The van der Waals surface area contributed by atoms with Gasteiger partial charge in [-0.05, 0) is 30.3 Å². The van der Waals surface area contributed by atoms with E-state index in [1.165, 1.54) is 6.07 Å². The fourth-order valence-electron chi connectivity index (χ4n) is 2.02. The molecule has 0 aliphatic heterocycles. The van der Waals surface area contributed by atoms with Gasteiger partial charge in [0.1, 0.15) is 17.1 Å². The quantitative estimate of drug-likeness (QED) is 0.705. The van der Waals surface area contributed by atoms with Crippen LogP contribution in [-0.2, 0) is 0 Å². The van der Waals surface area contributed by atoms with E-state index in [9.17, 15) is 4.79 Å². The molecular weight excluding hydrogens is 320 g/mol. The molecule has 2 aromatic carbocycles. The Bertz CT molecular complexity index is 819. The summed E-state index contributed by atoms with van der Waals surface area (Å²) in [7, 11) is 1.57. The lowest BCUT2D eigenvalue weighted by Gasteiger charge is -2.05. The molecule has 20 heavy (non-hydrogen) atoms. The van der Waals surface area contributed by atoms with Crippen LogP contribution in [0.3, 0.4) is 0 Å². The van der Waals surface area contributed by atoms with Crippen LogP contribution in [0.4, 0.5) is 0 Å². The van der Waals surface area contributed by atoms with Gasteiger partial charge in [-0.15, -0.1) is 0 Å². The molecule has 0 saturated heterocycles. The summed E-state index contributed by atoms with van der Waals surface area (Å²) < 4.78 is 11.9. The van der Waals surface area contributed by atoms with Crippen molar-refractivity contribution < 1.29 is 9.15 Å². The highest BCUT2D eigenvalue weighted by atomic mass is 79.9. The van der Waals surface area contributed by atoms with Gasteiger partial charge in [0, 0.05) is 16.1 Å². The minimum atomic E-state index is -0.0805. The van der Waals surface area contributed by atoms with E-state index in [0.29, 0.717) is 22.5 Å². The Labute approximate surface area is 123 Å². The first-order valence-electron chi connectivity index (χ1n) is 6.05. The van der Waals surface area contributed by atoms with Crippen molar-refractivity contribution in [3.63, 3.8) is 0 Å². The second kappa shape index (κ2) is 5.13. The molecule has 0 radical (unpaired) electrons. The highest BCUT2D eigenvalue weighted by Gasteiger charge is 2.08. The first-order valence-corrected chi connectivity index (χ1v) is 6.84. The lowest BCUT2D eigenvalue weighted by Crippen LogP contribution is -2.00. The Morgan fingerprint density at radius 1 is 1.05 bits per heavy atom. The molecule has 0 fully saturated rings. The molecule has 3 aromatic rings. The summed E-state index contributed by atoms with van der Waals surface area (Å²) in [6, 6.07) is 14.3. The SMILES string of the molecule is COc1ccc2oc(-c3ccc(Br)cc3)cc(=O)c2c1. The molecule has 0 aliphatic rings. The Morgan fingerprint density at radius 2 is 1.80 bits per heavy atom. The number of ether oxygens (including phenoxy) is 1. The summed E-state index contributed by atoms with van der Waals surface area (Å²) >= 11 is 3.38. The molecule has 0 N–H and O–H groups in total. The molecule has 0 spiro atoms. The molecule has 0 saturated carbocycles. The molecule has 3 rings (SSSR count). The minimum absolute atomic E-state index is 0.0805. The third-order valence-electron chi connectivity index (χ3n) is 3.06. The Hall–Kier alpha value is -2.07. The maximum atomic E-state index is 12.2. The molecule has 0 aliphatic carbocycles. The number of hydrogen-bond donors (Lipinski definition) is 0. The van der Waals surface area contributed by atoms with Gasteiger partial charge in [0.25, 0.3) is 0 Å². The summed E-state index contributed by atoms with van der Waals surface area (Å²) in [5, 5.41) is 0.519. The van der Waals surface area contributed by atoms with Gasteiger partial charge in [0.05, 0.1) is 12.5 Å². The highest BCUT2D eigenvalue weighted by Crippen LogP contribution is 2.25. The molecule has 0 amide bonds. The number of methoxy groups -OCH3 is 1. The second-order valence-corrected chi connectivity index (χ2v) is 5.26. The standard InChI is InChI=1S/C16H11BrO3/c1-19-12-6-7-15-13(8-12)14(18)9-16(20-15)10-2-4-11(17)5-3-10/h2-9H,1H3. The van der Waals surface area contributed by atoms with Crippen molar-refractivity contribution in [3.8, 4) is 17.1 Å². The van der Waals surface area contributed by atoms with E-state index in [1.807, 2.05) is 24.3 Å². The summed E-state index contributed by atoms with van der Waals surface area (Å²) in [5.74, 6) is 1.20.